The van der Waals surface area contributed by atoms with Crippen LogP contribution < -0.4 is 10.0 Å². The Labute approximate surface area is 129 Å². The summed E-state index contributed by atoms with van der Waals surface area (Å²) in [4.78, 5) is 13.7. The van der Waals surface area contributed by atoms with Crippen LogP contribution in [0.25, 0.3) is 0 Å². The van der Waals surface area contributed by atoms with Crippen LogP contribution in [0.2, 0.25) is 0 Å². The summed E-state index contributed by atoms with van der Waals surface area (Å²) in [5.74, 6) is 0.196. The lowest BCUT2D eigenvalue weighted by Crippen LogP contribution is -2.38. The first-order valence-electron chi connectivity index (χ1n) is 6.30. The molecular formula is C11H17ClN4O4S. The Bertz CT molecular complexity index is 590. The molecule has 1 saturated heterocycles. The molecule has 0 radical (unpaired) electrons. The minimum absolute atomic E-state index is 0. The Balaban J connectivity index is 0.00000220. The van der Waals surface area contributed by atoms with Crippen LogP contribution in [-0.4, -0.2) is 38.0 Å². The van der Waals surface area contributed by atoms with Gasteiger partial charge >= 0.3 is 5.69 Å². The van der Waals surface area contributed by atoms with Gasteiger partial charge in [-0.1, -0.05) is 0 Å². The molecule has 1 atom stereocenters. The molecule has 1 aromatic heterocycles. The zero-order valence-corrected chi connectivity index (χ0v) is 12.8. The molecule has 1 aliphatic heterocycles. The molecule has 0 aromatic carbocycles. The Morgan fingerprint density at radius 2 is 2.29 bits per heavy atom. The fourth-order valence-corrected chi connectivity index (χ4v) is 3.33. The lowest BCUT2D eigenvalue weighted by atomic mass is 10.0. The molecule has 1 unspecified atom stereocenters. The number of halogens is 1. The second kappa shape index (κ2) is 7.64. The van der Waals surface area contributed by atoms with Gasteiger partial charge in [-0.3, -0.25) is 10.1 Å². The van der Waals surface area contributed by atoms with Crippen molar-refractivity contribution in [3.63, 3.8) is 0 Å². The van der Waals surface area contributed by atoms with E-state index in [-0.39, 0.29) is 24.9 Å². The zero-order valence-electron chi connectivity index (χ0n) is 11.2. The van der Waals surface area contributed by atoms with Crippen LogP contribution in [0, 0.1) is 16.0 Å². The molecule has 1 fully saturated rings. The summed E-state index contributed by atoms with van der Waals surface area (Å²) in [5, 5.41) is 13.5. The van der Waals surface area contributed by atoms with Crippen LogP contribution in [0.15, 0.2) is 23.4 Å². The molecule has 2 heterocycles. The fourth-order valence-electron chi connectivity index (χ4n) is 2.12. The number of hydrogen-bond acceptors (Lipinski definition) is 6. The molecule has 1 aromatic rings. The highest BCUT2D eigenvalue weighted by Gasteiger charge is 2.27. The standard InChI is InChI=1S/C11H16N4O4S.ClH/c16-15(17)10-4-2-6-13-11(10)20(18,19)14-8-9-3-1-5-12-7-9;/h2,4,6,9,12,14H,1,3,5,7-8H2;1H. The molecule has 2 rings (SSSR count). The Kier molecular flexibility index (Phi) is 6.46. The maximum Gasteiger partial charge on any atom is 0.308 e. The van der Waals surface area contributed by atoms with Crippen LogP contribution in [0.1, 0.15) is 12.8 Å². The molecule has 10 heteroatoms. The molecule has 118 valence electrons. The largest absolute Gasteiger partial charge is 0.316 e. The highest BCUT2D eigenvalue weighted by Crippen LogP contribution is 2.20. The average Bonchev–Trinajstić information content (AvgIpc) is 2.46. The van der Waals surface area contributed by atoms with Gasteiger partial charge in [0.05, 0.1) is 4.92 Å². The van der Waals surface area contributed by atoms with E-state index in [1.54, 1.807) is 0 Å². The van der Waals surface area contributed by atoms with E-state index >= 15 is 0 Å². The van der Waals surface area contributed by atoms with Gasteiger partial charge in [-0.15, -0.1) is 12.4 Å². The molecule has 0 amide bonds. The molecule has 21 heavy (non-hydrogen) atoms. The van der Waals surface area contributed by atoms with Gasteiger partial charge in [-0.2, -0.15) is 0 Å². The molecule has 0 spiro atoms. The van der Waals surface area contributed by atoms with Crippen LogP contribution in [0.3, 0.4) is 0 Å². The highest BCUT2D eigenvalue weighted by molar-refractivity contribution is 7.89. The molecule has 2 N–H and O–H groups in total. The predicted octanol–water partition coefficient (Wildman–Crippen LogP) is 0.689. The van der Waals surface area contributed by atoms with Gasteiger partial charge in [-0.05, 0) is 37.9 Å². The molecule has 0 bridgehead atoms. The van der Waals surface area contributed by atoms with E-state index in [0.29, 0.717) is 0 Å². The predicted molar refractivity (Wildman–Crippen MR) is 78.9 cm³/mol. The molecule has 8 nitrogen and oxygen atoms in total. The summed E-state index contributed by atoms with van der Waals surface area (Å²) >= 11 is 0. The molecule has 0 saturated carbocycles. The maximum absolute atomic E-state index is 12.1. The van der Waals surface area contributed by atoms with E-state index < -0.39 is 25.7 Å². The molecule has 1 aliphatic rings. The molecule has 0 aliphatic carbocycles. The minimum atomic E-state index is -3.97. The number of nitrogens with one attached hydrogen (secondary N) is 2. The van der Waals surface area contributed by atoms with E-state index in [1.165, 1.54) is 12.3 Å². The number of pyridine rings is 1. The van der Waals surface area contributed by atoms with Gasteiger partial charge in [0.2, 0.25) is 5.03 Å². The van der Waals surface area contributed by atoms with Crippen LogP contribution in [-0.2, 0) is 10.0 Å². The van der Waals surface area contributed by atoms with Crippen molar-refractivity contribution in [1.29, 1.82) is 0 Å². The number of rotatable bonds is 5. The highest BCUT2D eigenvalue weighted by atomic mass is 35.5. The smallest absolute Gasteiger partial charge is 0.308 e. The maximum atomic E-state index is 12.1. The second-order valence-corrected chi connectivity index (χ2v) is 6.33. The van der Waals surface area contributed by atoms with Gasteiger partial charge < -0.3 is 5.32 Å². The number of aromatic nitrogens is 1. The summed E-state index contributed by atoms with van der Waals surface area (Å²) in [5.41, 5.74) is -0.512. The van der Waals surface area contributed by atoms with Gasteiger partial charge in [0.15, 0.2) is 0 Å². The number of nitro groups is 1. The summed E-state index contributed by atoms with van der Waals surface area (Å²) in [6, 6.07) is 2.46. The number of hydrogen-bond donors (Lipinski definition) is 2. The molecular weight excluding hydrogens is 320 g/mol. The van der Waals surface area contributed by atoms with E-state index in [4.69, 9.17) is 0 Å². The van der Waals surface area contributed by atoms with Gasteiger partial charge in [0.25, 0.3) is 10.0 Å². The fraction of sp³-hybridized carbons (Fsp3) is 0.545. The SMILES string of the molecule is Cl.O=[N+]([O-])c1cccnc1S(=O)(=O)NCC1CCCNC1. The average molecular weight is 337 g/mol. The van der Waals surface area contributed by atoms with Crippen LogP contribution in [0.5, 0.6) is 0 Å². The second-order valence-electron chi connectivity index (χ2n) is 4.65. The minimum Gasteiger partial charge on any atom is -0.316 e. The van der Waals surface area contributed by atoms with Crippen molar-refractivity contribution in [1.82, 2.24) is 15.0 Å². The van der Waals surface area contributed by atoms with Crippen molar-refractivity contribution in [3.05, 3.63) is 28.4 Å². The van der Waals surface area contributed by atoms with E-state index in [0.717, 1.165) is 32.0 Å². The third-order valence-electron chi connectivity index (χ3n) is 3.16. The number of piperidine rings is 1. The van der Waals surface area contributed by atoms with Gasteiger partial charge in [-0.25, -0.2) is 18.1 Å². The topological polar surface area (TPSA) is 114 Å². The van der Waals surface area contributed by atoms with Gasteiger partial charge in [0.1, 0.15) is 0 Å². The number of nitrogens with zero attached hydrogens (tertiary/aromatic N) is 2. The van der Waals surface area contributed by atoms with E-state index in [1.807, 2.05) is 0 Å². The zero-order chi connectivity index (χ0) is 14.6. The quantitative estimate of drug-likeness (QED) is 0.604. The van der Waals surface area contributed by atoms with E-state index in [9.17, 15) is 18.5 Å². The summed E-state index contributed by atoms with van der Waals surface area (Å²) in [6.45, 7) is 1.94. The van der Waals surface area contributed by atoms with Crippen molar-refractivity contribution < 1.29 is 13.3 Å². The lowest BCUT2D eigenvalue weighted by molar-refractivity contribution is -0.388. The third-order valence-corrected chi connectivity index (χ3v) is 4.53. The van der Waals surface area contributed by atoms with Gasteiger partial charge in [0, 0.05) is 18.8 Å². The van der Waals surface area contributed by atoms with Crippen molar-refractivity contribution >= 4 is 28.1 Å². The summed E-state index contributed by atoms with van der Waals surface area (Å²) in [7, 11) is -3.97. The normalized spacial score (nSPS) is 18.8. The Hall–Kier alpha value is -1.29. The van der Waals surface area contributed by atoms with Crippen molar-refractivity contribution in [2.75, 3.05) is 19.6 Å². The first-order chi connectivity index (χ1) is 9.50. The van der Waals surface area contributed by atoms with Crippen LogP contribution >= 0.6 is 12.4 Å². The monoisotopic (exact) mass is 336 g/mol. The lowest BCUT2D eigenvalue weighted by Gasteiger charge is -2.22. The van der Waals surface area contributed by atoms with E-state index in [2.05, 4.69) is 15.0 Å². The third kappa shape index (κ3) is 4.60. The summed E-state index contributed by atoms with van der Waals surface area (Å²) < 4.78 is 26.6. The number of sulfonamides is 1. The Morgan fingerprint density at radius 1 is 1.52 bits per heavy atom. The first kappa shape index (κ1) is 17.8. The van der Waals surface area contributed by atoms with Crippen molar-refractivity contribution in [2.45, 2.75) is 17.9 Å². The van der Waals surface area contributed by atoms with Crippen LogP contribution in [0.4, 0.5) is 5.69 Å². The first-order valence-corrected chi connectivity index (χ1v) is 7.79. The summed E-state index contributed by atoms with van der Waals surface area (Å²) in [6.07, 6.45) is 3.15. The van der Waals surface area contributed by atoms with Crippen molar-refractivity contribution in [3.8, 4) is 0 Å². The van der Waals surface area contributed by atoms with Crippen molar-refractivity contribution in [2.24, 2.45) is 5.92 Å². The Morgan fingerprint density at radius 3 is 2.90 bits per heavy atom.